The molecule has 2 aromatic carbocycles. The number of amides is 1. The van der Waals surface area contributed by atoms with Crippen LogP contribution in [0.4, 0.5) is 18.3 Å². The van der Waals surface area contributed by atoms with E-state index < -0.39 is 17.6 Å². The number of nitrogens with zero attached hydrogens (tertiary/aromatic N) is 3. The van der Waals surface area contributed by atoms with Crippen molar-refractivity contribution in [1.29, 1.82) is 0 Å². The van der Waals surface area contributed by atoms with Gasteiger partial charge in [-0.1, -0.05) is 17.4 Å². The summed E-state index contributed by atoms with van der Waals surface area (Å²) in [5.74, 6) is 0.140. The lowest BCUT2D eigenvalue weighted by molar-refractivity contribution is -0.137. The smallest absolute Gasteiger partial charge is 0.416 e. The molecule has 3 rings (SSSR count). The molecule has 1 aromatic heterocycles. The molecule has 1 amide bonds. The molecule has 9 heteroatoms. The molecule has 0 aliphatic rings. The van der Waals surface area contributed by atoms with Crippen LogP contribution in [0.2, 0.25) is 0 Å². The van der Waals surface area contributed by atoms with E-state index in [0.29, 0.717) is 29.5 Å². The van der Waals surface area contributed by atoms with Gasteiger partial charge in [0.05, 0.1) is 22.9 Å². The maximum Gasteiger partial charge on any atom is 0.416 e. The minimum absolute atomic E-state index is 0.0320. The zero-order valence-electron chi connectivity index (χ0n) is 16.2. The van der Waals surface area contributed by atoms with Crippen LogP contribution in [-0.2, 0) is 6.18 Å². The number of thiazole rings is 1. The normalized spacial score (nSPS) is 11.8. The predicted octanol–water partition coefficient (Wildman–Crippen LogP) is 4.53. The van der Waals surface area contributed by atoms with Gasteiger partial charge in [0.15, 0.2) is 5.13 Å². The van der Waals surface area contributed by atoms with Gasteiger partial charge in [-0.05, 0) is 50.5 Å². The van der Waals surface area contributed by atoms with Gasteiger partial charge in [-0.15, -0.1) is 0 Å². The van der Waals surface area contributed by atoms with Crippen LogP contribution in [-0.4, -0.2) is 50.1 Å². The monoisotopic (exact) mass is 423 g/mol. The molecule has 1 heterocycles. The highest BCUT2D eigenvalue weighted by Crippen LogP contribution is 2.33. The van der Waals surface area contributed by atoms with Crippen molar-refractivity contribution in [2.24, 2.45) is 0 Å². The van der Waals surface area contributed by atoms with Crippen molar-refractivity contribution in [3.8, 4) is 5.75 Å². The standard InChI is InChI=1S/C20H20F3N3O2S/c1-25(2)9-10-26(18(27)13-5-4-6-14(11-13)20(21,22)23)19-24-16-8-7-15(28-3)12-17(16)29-19/h4-8,11-12H,9-10H2,1-3H3. The van der Waals surface area contributed by atoms with E-state index in [1.165, 1.54) is 28.4 Å². The van der Waals surface area contributed by atoms with Crippen LogP contribution in [0.1, 0.15) is 15.9 Å². The summed E-state index contributed by atoms with van der Waals surface area (Å²) in [7, 11) is 5.27. The molecule has 0 fully saturated rings. The summed E-state index contributed by atoms with van der Waals surface area (Å²) >= 11 is 1.29. The van der Waals surface area contributed by atoms with E-state index in [-0.39, 0.29) is 5.56 Å². The van der Waals surface area contributed by atoms with E-state index in [4.69, 9.17) is 4.74 Å². The van der Waals surface area contributed by atoms with Crippen molar-refractivity contribution in [2.45, 2.75) is 6.18 Å². The van der Waals surface area contributed by atoms with Crippen molar-refractivity contribution >= 4 is 32.6 Å². The molecular formula is C20H20F3N3O2S. The highest BCUT2D eigenvalue weighted by molar-refractivity contribution is 7.22. The molecule has 0 bridgehead atoms. The van der Waals surface area contributed by atoms with Gasteiger partial charge < -0.3 is 9.64 Å². The van der Waals surface area contributed by atoms with Crippen LogP contribution in [0.15, 0.2) is 42.5 Å². The lowest BCUT2D eigenvalue weighted by atomic mass is 10.1. The molecule has 0 radical (unpaired) electrons. The number of alkyl halides is 3. The Morgan fingerprint density at radius 2 is 1.90 bits per heavy atom. The maximum absolute atomic E-state index is 13.1. The van der Waals surface area contributed by atoms with E-state index in [1.54, 1.807) is 19.2 Å². The lowest BCUT2D eigenvalue weighted by Gasteiger charge is -2.22. The molecule has 0 saturated carbocycles. The first-order chi connectivity index (χ1) is 13.7. The van der Waals surface area contributed by atoms with Crippen LogP contribution >= 0.6 is 11.3 Å². The SMILES string of the molecule is COc1ccc2nc(N(CCN(C)C)C(=O)c3cccc(C(F)(F)F)c3)sc2c1. The molecule has 29 heavy (non-hydrogen) atoms. The minimum atomic E-state index is -4.52. The molecule has 0 unspecified atom stereocenters. The second-order valence-electron chi connectivity index (χ2n) is 6.67. The third kappa shape index (κ3) is 4.86. The second-order valence-corrected chi connectivity index (χ2v) is 7.68. The topological polar surface area (TPSA) is 45.7 Å². The average molecular weight is 423 g/mol. The summed E-state index contributed by atoms with van der Waals surface area (Å²) in [5.41, 5.74) is -0.196. The first-order valence-electron chi connectivity index (χ1n) is 8.77. The number of ether oxygens (including phenoxy) is 1. The van der Waals surface area contributed by atoms with Gasteiger partial charge in [0.1, 0.15) is 5.75 Å². The van der Waals surface area contributed by atoms with E-state index in [1.807, 2.05) is 25.1 Å². The van der Waals surface area contributed by atoms with E-state index in [9.17, 15) is 18.0 Å². The van der Waals surface area contributed by atoms with Crippen molar-refractivity contribution in [1.82, 2.24) is 9.88 Å². The van der Waals surface area contributed by atoms with Gasteiger partial charge in [-0.25, -0.2) is 4.98 Å². The third-order valence-corrected chi connectivity index (χ3v) is 5.31. The summed E-state index contributed by atoms with van der Waals surface area (Å²) in [5, 5.41) is 0.428. The minimum Gasteiger partial charge on any atom is -0.497 e. The number of likely N-dealkylation sites (N-methyl/N-ethyl adjacent to an activating group) is 1. The fourth-order valence-electron chi connectivity index (χ4n) is 2.70. The predicted molar refractivity (Wildman–Crippen MR) is 108 cm³/mol. The van der Waals surface area contributed by atoms with Crippen molar-refractivity contribution in [3.05, 3.63) is 53.6 Å². The third-order valence-electron chi connectivity index (χ3n) is 4.27. The number of benzene rings is 2. The Labute approximate surface area is 170 Å². The number of carbonyl (C=O) groups is 1. The van der Waals surface area contributed by atoms with Gasteiger partial charge in [0.2, 0.25) is 0 Å². The van der Waals surface area contributed by atoms with Gasteiger partial charge in [-0.2, -0.15) is 13.2 Å². The number of hydrogen-bond donors (Lipinski definition) is 0. The number of methoxy groups -OCH3 is 1. The van der Waals surface area contributed by atoms with Crippen LogP contribution in [0.25, 0.3) is 10.2 Å². The fraction of sp³-hybridized carbons (Fsp3) is 0.300. The van der Waals surface area contributed by atoms with Gasteiger partial charge in [-0.3, -0.25) is 9.69 Å². The Bertz CT molecular complexity index is 1020. The quantitative estimate of drug-likeness (QED) is 0.584. The van der Waals surface area contributed by atoms with Crippen LogP contribution in [0.5, 0.6) is 5.75 Å². The number of rotatable bonds is 6. The Kier molecular flexibility index (Phi) is 6.09. The highest BCUT2D eigenvalue weighted by Gasteiger charge is 2.31. The molecule has 0 N–H and O–H groups in total. The molecular weight excluding hydrogens is 403 g/mol. The van der Waals surface area contributed by atoms with Crippen molar-refractivity contribution in [3.63, 3.8) is 0 Å². The maximum atomic E-state index is 13.1. The van der Waals surface area contributed by atoms with E-state index >= 15 is 0 Å². The Balaban J connectivity index is 2.00. The lowest BCUT2D eigenvalue weighted by Crippen LogP contribution is -2.36. The Morgan fingerprint density at radius 1 is 1.14 bits per heavy atom. The Hall–Kier alpha value is -2.65. The van der Waals surface area contributed by atoms with Crippen LogP contribution in [0, 0.1) is 0 Å². The molecule has 5 nitrogen and oxygen atoms in total. The van der Waals surface area contributed by atoms with Crippen LogP contribution < -0.4 is 9.64 Å². The number of anilines is 1. The fourth-order valence-corrected chi connectivity index (χ4v) is 3.72. The van der Waals surface area contributed by atoms with E-state index in [2.05, 4.69) is 4.98 Å². The molecule has 0 saturated heterocycles. The molecule has 154 valence electrons. The largest absolute Gasteiger partial charge is 0.497 e. The number of halogens is 3. The second kappa shape index (κ2) is 8.38. The molecule has 0 spiro atoms. The summed E-state index contributed by atoms with van der Waals surface area (Å²) in [6, 6.07) is 9.82. The number of carbonyl (C=O) groups excluding carboxylic acids is 1. The highest BCUT2D eigenvalue weighted by atomic mass is 32.1. The summed E-state index contributed by atoms with van der Waals surface area (Å²) in [6.45, 7) is 0.822. The first kappa shape index (κ1) is 21.1. The van der Waals surface area contributed by atoms with Gasteiger partial charge in [0.25, 0.3) is 5.91 Å². The average Bonchev–Trinajstić information content (AvgIpc) is 3.09. The molecule has 0 atom stereocenters. The summed E-state index contributed by atoms with van der Waals surface area (Å²) in [6.07, 6.45) is -4.52. The van der Waals surface area contributed by atoms with Crippen LogP contribution in [0.3, 0.4) is 0 Å². The first-order valence-corrected chi connectivity index (χ1v) is 9.59. The summed E-state index contributed by atoms with van der Waals surface area (Å²) in [4.78, 5) is 20.9. The summed E-state index contributed by atoms with van der Waals surface area (Å²) < 4.78 is 45.2. The molecule has 0 aliphatic carbocycles. The molecule has 0 aliphatic heterocycles. The van der Waals surface area contributed by atoms with Gasteiger partial charge in [0, 0.05) is 18.7 Å². The molecule has 3 aromatic rings. The Morgan fingerprint density at radius 3 is 2.55 bits per heavy atom. The number of hydrogen-bond acceptors (Lipinski definition) is 5. The zero-order chi connectivity index (χ0) is 21.2. The van der Waals surface area contributed by atoms with Crippen molar-refractivity contribution in [2.75, 3.05) is 39.2 Å². The number of fused-ring (bicyclic) bond motifs is 1. The zero-order valence-corrected chi connectivity index (χ0v) is 17.0. The van der Waals surface area contributed by atoms with Crippen molar-refractivity contribution < 1.29 is 22.7 Å². The van der Waals surface area contributed by atoms with Gasteiger partial charge >= 0.3 is 6.18 Å². The van der Waals surface area contributed by atoms with E-state index in [0.717, 1.165) is 16.8 Å². The number of aromatic nitrogens is 1.